The summed E-state index contributed by atoms with van der Waals surface area (Å²) < 4.78 is 3.24. The Balaban J connectivity index is 0. The molecule has 0 amide bonds. The molecule has 0 radical (unpaired) electrons. The molecule has 7 nitrogen and oxygen atoms in total. The Morgan fingerprint density at radius 2 is 0.900 bits per heavy atom. The molecule has 0 aromatic heterocycles. The van der Waals surface area contributed by atoms with E-state index in [1.165, 1.54) is 0 Å². The van der Waals surface area contributed by atoms with Gasteiger partial charge in [0.05, 0.1) is 0 Å². The molecule has 10 heteroatoms. The molecule has 0 aliphatic heterocycles. The van der Waals surface area contributed by atoms with Crippen LogP contribution in [0, 0.1) is 39.9 Å². The SMILES string of the molecule is O[Si](O)(O)O[Si](O)(O)O.[Gd]. The van der Waals surface area contributed by atoms with Crippen LogP contribution in [-0.4, -0.2) is 46.9 Å². The molecule has 0 saturated carbocycles. The smallest absolute Gasteiger partial charge is 0.368 e. The average Bonchev–Trinajstić information content (AvgIpc) is 1.14. The molecular formula is H6GdO7Si2. The minimum absolute atomic E-state index is 0. The largest absolute Gasteiger partial charge is 0.665 e. The van der Waals surface area contributed by atoms with Crippen LogP contribution < -0.4 is 0 Å². The van der Waals surface area contributed by atoms with Gasteiger partial charge in [-0.15, -0.1) is 0 Å². The molecule has 0 fully saturated rings. The third-order valence-corrected chi connectivity index (χ3v) is 2.46. The van der Waals surface area contributed by atoms with E-state index in [4.69, 9.17) is 28.8 Å². The van der Waals surface area contributed by atoms with Crippen LogP contribution in [0.1, 0.15) is 0 Å². The maximum atomic E-state index is 7.94. The number of hydrogen-bond donors (Lipinski definition) is 6. The molecule has 0 aliphatic carbocycles. The Morgan fingerprint density at radius 1 is 0.700 bits per heavy atom. The molecular weight excluding hydrogens is 325 g/mol. The van der Waals surface area contributed by atoms with Crippen molar-refractivity contribution in [3.8, 4) is 0 Å². The Morgan fingerprint density at radius 3 is 0.900 bits per heavy atom. The number of rotatable bonds is 2. The first-order valence-corrected chi connectivity index (χ1v) is 5.25. The fraction of sp³-hybridized carbons (Fsp3) is 0. The maximum absolute atomic E-state index is 7.94. The first-order valence-electron chi connectivity index (χ1n) is 1.75. The van der Waals surface area contributed by atoms with Gasteiger partial charge in [-0.2, -0.15) is 0 Å². The summed E-state index contributed by atoms with van der Waals surface area (Å²) >= 11 is 0. The summed E-state index contributed by atoms with van der Waals surface area (Å²) in [5, 5.41) is 0. The van der Waals surface area contributed by atoms with E-state index in [0.717, 1.165) is 0 Å². The second-order valence-electron chi connectivity index (χ2n) is 1.25. The van der Waals surface area contributed by atoms with Gasteiger partial charge in [-0.25, -0.2) is 0 Å². The van der Waals surface area contributed by atoms with E-state index in [1.54, 1.807) is 0 Å². The summed E-state index contributed by atoms with van der Waals surface area (Å²) in [4.78, 5) is 47.6. The molecule has 0 aromatic rings. The predicted octanol–water partition coefficient (Wildman–Crippen LogP) is -4.17. The van der Waals surface area contributed by atoms with Crippen LogP contribution in [0.2, 0.25) is 0 Å². The van der Waals surface area contributed by atoms with Crippen molar-refractivity contribution >= 4 is 18.1 Å². The minimum atomic E-state index is -4.98. The van der Waals surface area contributed by atoms with E-state index in [0.29, 0.717) is 0 Å². The van der Waals surface area contributed by atoms with Crippen molar-refractivity contribution in [1.29, 1.82) is 0 Å². The molecule has 10 heavy (non-hydrogen) atoms. The van der Waals surface area contributed by atoms with Crippen LogP contribution in [-0.2, 0) is 4.12 Å². The van der Waals surface area contributed by atoms with Crippen molar-refractivity contribution < 1.29 is 72.8 Å². The van der Waals surface area contributed by atoms with Gasteiger partial charge in [0.2, 0.25) is 0 Å². The third kappa shape index (κ3) is 12.2. The molecule has 0 bridgehead atoms. The second-order valence-corrected chi connectivity index (χ2v) is 4.36. The van der Waals surface area contributed by atoms with Gasteiger partial charge in [-0.05, 0) is 0 Å². The third-order valence-electron chi connectivity index (χ3n) is 0.274. The zero-order valence-electron chi connectivity index (χ0n) is 4.45. The molecule has 0 spiro atoms. The zero-order chi connectivity index (χ0) is 7.71. The molecule has 0 unspecified atom stereocenters. The maximum Gasteiger partial charge on any atom is 0.665 e. The Bertz CT molecular complexity index is 76.8. The molecule has 0 aliphatic rings. The first-order chi connectivity index (χ1) is 3.71. The Hall–Kier alpha value is 1.48. The van der Waals surface area contributed by atoms with E-state index < -0.39 is 18.1 Å². The topological polar surface area (TPSA) is 131 Å². The standard InChI is InChI=1S/Gd.H6O7Si2/c;1-8(2,3)7-9(4,5)6/h;1-6H. The van der Waals surface area contributed by atoms with Gasteiger partial charge in [0.15, 0.2) is 0 Å². The molecule has 64 valence electrons. The van der Waals surface area contributed by atoms with Crippen LogP contribution in [0.25, 0.3) is 0 Å². The van der Waals surface area contributed by atoms with Crippen molar-refractivity contribution in [2.45, 2.75) is 0 Å². The zero-order valence-corrected chi connectivity index (χ0v) is 8.71. The van der Waals surface area contributed by atoms with E-state index in [-0.39, 0.29) is 39.9 Å². The summed E-state index contributed by atoms with van der Waals surface area (Å²) in [6.07, 6.45) is 0. The molecule has 0 heterocycles. The van der Waals surface area contributed by atoms with Crippen LogP contribution >= 0.6 is 0 Å². The van der Waals surface area contributed by atoms with Crippen LogP contribution in [0.4, 0.5) is 0 Å². The molecule has 0 atom stereocenters. The fourth-order valence-corrected chi connectivity index (χ4v) is 1.65. The Kier molecular flexibility index (Phi) is 6.30. The normalized spacial score (nSPS) is 12.6. The average molecular weight is 331 g/mol. The molecule has 6 N–H and O–H groups in total. The van der Waals surface area contributed by atoms with Gasteiger partial charge in [0.1, 0.15) is 0 Å². The van der Waals surface area contributed by atoms with Crippen LogP contribution in [0.3, 0.4) is 0 Å². The van der Waals surface area contributed by atoms with Crippen molar-refractivity contribution in [2.24, 2.45) is 0 Å². The monoisotopic (exact) mass is 332 g/mol. The van der Waals surface area contributed by atoms with E-state index in [1.807, 2.05) is 0 Å². The summed E-state index contributed by atoms with van der Waals surface area (Å²) in [5.41, 5.74) is 0. The summed E-state index contributed by atoms with van der Waals surface area (Å²) in [7, 11) is -9.96. The van der Waals surface area contributed by atoms with E-state index in [2.05, 4.69) is 4.12 Å². The minimum Gasteiger partial charge on any atom is -0.368 e. The van der Waals surface area contributed by atoms with Crippen molar-refractivity contribution in [3.63, 3.8) is 0 Å². The molecule has 0 rings (SSSR count). The first kappa shape index (κ1) is 14.0. The molecule has 0 aromatic carbocycles. The van der Waals surface area contributed by atoms with E-state index >= 15 is 0 Å². The number of hydrogen-bond acceptors (Lipinski definition) is 7. The second kappa shape index (κ2) is 4.49. The quantitative estimate of drug-likeness (QED) is 0.283. The van der Waals surface area contributed by atoms with Gasteiger partial charge < -0.3 is 32.9 Å². The van der Waals surface area contributed by atoms with Gasteiger partial charge in [0.25, 0.3) is 0 Å². The van der Waals surface area contributed by atoms with Gasteiger partial charge in [-0.1, -0.05) is 0 Å². The van der Waals surface area contributed by atoms with Crippen LogP contribution in [0.5, 0.6) is 0 Å². The van der Waals surface area contributed by atoms with Crippen molar-refractivity contribution in [1.82, 2.24) is 0 Å². The summed E-state index contributed by atoms with van der Waals surface area (Å²) in [5.74, 6) is 0. The Labute approximate surface area is 90.2 Å². The van der Waals surface area contributed by atoms with Gasteiger partial charge >= 0.3 is 18.1 Å². The predicted molar refractivity (Wildman–Crippen MR) is 25.9 cm³/mol. The van der Waals surface area contributed by atoms with Crippen molar-refractivity contribution in [3.05, 3.63) is 0 Å². The summed E-state index contributed by atoms with van der Waals surface area (Å²) in [6.45, 7) is 0. The van der Waals surface area contributed by atoms with Gasteiger partial charge in [-0.3, -0.25) is 0 Å². The van der Waals surface area contributed by atoms with Crippen LogP contribution in [0.15, 0.2) is 0 Å². The molecule has 0 saturated heterocycles. The summed E-state index contributed by atoms with van der Waals surface area (Å²) in [6, 6.07) is 0. The van der Waals surface area contributed by atoms with Gasteiger partial charge in [0, 0.05) is 39.9 Å². The van der Waals surface area contributed by atoms with E-state index in [9.17, 15) is 0 Å². The fourth-order valence-electron chi connectivity index (χ4n) is 0.184. The van der Waals surface area contributed by atoms with Crippen molar-refractivity contribution in [2.75, 3.05) is 0 Å².